The summed E-state index contributed by atoms with van der Waals surface area (Å²) in [5, 5.41) is 11.7. The predicted molar refractivity (Wildman–Crippen MR) is 111 cm³/mol. The summed E-state index contributed by atoms with van der Waals surface area (Å²) in [5.74, 6) is -0.312. The second-order valence-electron chi connectivity index (χ2n) is 6.71. The van der Waals surface area contributed by atoms with E-state index >= 15 is 0 Å². The Morgan fingerprint density at radius 3 is 2.63 bits per heavy atom. The van der Waals surface area contributed by atoms with Crippen molar-refractivity contribution in [3.8, 4) is 0 Å². The average molecular weight is 425 g/mol. The van der Waals surface area contributed by atoms with E-state index in [-0.39, 0.29) is 16.5 Å². The lowest BCUT2D eigenvalue weighted by molar-refractivity contribution is 0.102. The molecule has 0 unspecified atom stereocenters. The second-order valence-corrected chi connectivity index (χ2v) is 7.07. The van der Waals surface area contributed by atoms with Crippen molar-refractivity contribution < 1.29 is 9.18 Å². The molecule has 0 aliphatic carbocycles. The summed E-state index contributed by atoms with van der Waals surface area (Å²) >= 11 is 6.42. The van der Waals surface area contributed by atoms with E-state index < -0.39 is 5.91 Å². The zero-order chi connectivity index (χ0) is 21.1. The van der Waals surface area contributed by atoms with Gasteiger partial charge in [-0.25, -0.2) is 9.07 Å². The van der Waals surface area contributed by atoms with Gasteiger partial charge in [0.25, 0.3) is 5.91 Å². The molecule has 0 atom stereocenters. The van der Waals surface area contributed by atoms with E-state index in [9.17, 15) is 9.18 Å². The third-order valence-electron chi connectivity index (χ3n) is 4.47. The maximum absolute atomic E-state index is 13.1. The van der Waals surface area contributed by atoms with Gasteiger partial charge in [0.15, 0.2) is 5.82 Å². The van der Waals surface area contributed by atoms with Crippen molar-refractivity contribution in [3.63, 3.8) is 0 Å². The minimum absolute atomic E-state index is 0.210. The van der Waals surface area contributed by atoms with Crippen LogP contribution >= 0.6 is 11.6 Å². The van der Waals surface area contributed by atoms with E-state index in [4.69, 9.17) is 11.6 Å². The Morgan fingerprint density at radius 1 is 1.10 bits per heavy atom. The number of hydrogen-bond donors (Lipinski definition) is 1. The van der Waals surface area contributed by atoms with Crippen molar-refractivity contribution >= 4 is 23.3 Å². The summed E-state index contributed by atoms with van der Waals surface area (Å²) in [6, 6.07) is 13.4. The van der Waals surface area contributed by atoms with Crippen LogP contribution in [0.5, 0.6) is 0 Å². The number of rotatable bonds is 6. The van der Waals surface area contributed by atoms with Gasteiger partial charge < -0.3 is 5.32 Å². The van der Waals surface area contributed by atoms with Gasteiger partial charge in [-0.2, -0.15) is 10.2 Å². The standard InChI is InChI=1S/C21H18ClFN6O/c1-14-19(20(22)29(26-14)12-15-5-7-16(23)8-6-15)21(30)25-18-9-11-28(27-18)13-17-4-2-3-10-24-17/h2-11H,12-13H2,1H3,(H,25,27,30). The summed E-state index contributed by atoms with van der Waals surface area (Å²) in [6.07, 6.45) is 3.48. The average Bonchev–Trinajstić information content (AvgIpc) is 3.27. The number of nitrogens with zero attached hydrogens (tertiary/aromatic N) is 5. The Hall–Kier alpha value is -3.52. The van der Waals surface area contributed by atoms with E-state index in [2.05, 4.69) is 20.5 Å². The normalized spacial score (nSPS) is 10.9. The van der Waals surface area contributed by atoms with Gasteiger partial charge in [0.05, 0.1) is 30.0 Å². The van der Waals surface area contributed by atoms with E-state index in [1.807, 2.05) is 18.2 Å². The van der Waals surface area contributed by atoms with Crippen LogP contribution in [0.4, 0.5) is 10.2 Å². The number of aryl methyl sites for hydroxylation is 1. The number of carbonyl (C=O) groups is 1. The topological polar surface area (TPSA) is 77.6 Å². The number of anilines is 1. The highest BCUT2D eigenvalue weighted by Crippen LogP contribution is 2.22. The van der Waals surface area contributed by atoms with E-state index in [0.29, 0.717) is 24.6 Å². The molecule has 1 N–H and O–H groups in total. The van der Waals surface area contributed by atoms with Gasteiger partial charge in [-0.3, -0.25) is 14.5 Å². The van der Waals surface area contributed by atoms with Crippen LogP contribution in [-0.4, -0.2) is 30.5 Å². The Kier molecular flexibility index (Phi) is 5.58. The Morgan fingerprint density at radius 2 is 1.90 bits per heavy atom. The Labute approximate surface area is 177 Å². The van der Waals surface area contributed by atoms with Gasteiger partial charge in [-0.1, -0.05) is 29.8 Å². The third-order valence-corrected chi connectivity index (χ3v) is 4.85. The fourth-order valence-electron chi connectivity index (χ4n) is 3.03. The highest BCUT2D eigenvalue weighted by atomic mass is 35.5. The van der Waals surface area contributed by atoms with Crippen molar-refractivity contribution in [2.75, 3.05) is 5.32 Å². The maximum Gasteiger partial charge on any atom is 0.261 e. The van der Waals surface area contributed by atoms with Gasteiger partial charge in [0.1, 0.15) is 11.0 Å². The molecule has 0 radical (unpaired) electrons. The number of halogens is 2. The zero-order valence-corrected chi connectivity index (χ0v) is 16.8. The summed E-state index contributed by atoms with van der Waals surface area (Å²) in [6.45, 7) is 2.53. The fraction of sp³-hybridized carbons (Fsp3) is 0.143. The number of nitrogens with one attached hydrogen (secondary N) is 1. The number of aromatic nitrogens is 5. The van der Waals surface area contributed by atoms with Crippen LogP contribution in [0, 0.1) is 12.7 Å². The molecular weight excluding hydrogens is 407 g/mol. The van der Waals surface area contributed by atoms with Crippen molar-refractivity contribution in [1.29, 1.82) is 0 Å². The molecule has 0 aliphatic rings. The lowest BCUT2D eigenvalue weighted by atomic mass is 10.2. The van der Waals surface area contributed by atoms with E-state index in [0.717, 1.165) is 11.3 Å². The predicted octanol–water partition coefficient (Wildman–Crippen LogP) is 3.92. The van der Waals surface area contributed by atoms with Gasteiger partial charge >= 0.3 is 0 Å². The fourth-order valence-corrected chi connectivity index (χ4v) is 3.35. The molecule has 4 aromatic rings. The summed E-state index contributed by atoms with van der Waals surface area (Å²) < 4.78 is 16.3. The van der Waals surface area contributed by atoms with Crippen LogP contribution < -0.4 is 5.32 Å². The van der Waals surface area contributed by atoms with Crippen LogP contribution in [0.1, 0.15) is 27.3 Å². The monoisotopic (exact) mass is 424 g/mol. The Bertz CT molecular complexity index is 1170. The van der Waals surface area contributed by atoms with Crippen molar-refractivity contribution in [3.05, 3.63) is 94.4 Å². The van der Waals surface area contributed by atoms with Gasteiger partial charge in [-0.15, -0.1) is 0 Å². The highest BCUT2D eigenvalue weighted by Gasteiger charge is 2.21. The molecule has 0 bridgehead atoms. The molecule has 0 saturated carbocycles. The maximum atomic E-state index is 13.1. The molecule has 3 heterocycles. The largest absolute Gasteiger partial charge is 0.305 e. The molecule has 1 aromatic carbocycles. The molecule has 3 aromatic heterocycles. The molecule has 4 rings (SSSR count). The van der Waals surface area contributed by atoms with Crippen molar-refractivity contribution in [2.45, 2.75) is 20.0 Å². The second kappa shape index (κ2) is 8.46. The van der Waals surface area contributed by atoms with Gasteiger partial charge in [0, 0.05) is 18.5 Å². The first-order valence-electron chi connectivity index (χ1n) is 9.21. The quantitative estimate of drug-likeness (QED) is 0.509. The molecule has 7 nitrogen and oxygen atoms in total. The number of amides is 1. The molecule has 0 saturated heterocycles. The lowest BCUT2D eigenvalue weighted by Crippen LogP contribution is -2.14. The number of carbonyl (C=O) groups excluding carboxylic acids is 1. The number of benzene rings is 1. The van der Waals surface area contributed by atoms with Crippen molar-refractivity contribution in [1.82, 2.24) is 24.5 Å². The molecule has 1 amide bonds. The first-order valence-corrected chi connectivity index (χ1v) is 9.59. The minimum atomic E-state index is -0.397. The van der Waals surface area contributed by atoms with Crippen LogP contribution in [-0.2, 0) is 13.1 Å². The number of hydrogen-bond acceptors (Lipinski definition) is 4. The van der Waals surface area contributed by atoms with Crippen molar-refractivity contribution in [2.24, 2.45) is 0 Å². The molecule has 0 aliphatic heterocycles. The lowest BCUT2D eigenvalue weighted by Gasteiger charge is -2.05. The molecule has 0 fully saturated rings. The first-order chi connectivity index (χ1) is 14.5. The molecule has 9 heteroatoms. The summed E-state index contributed by atoms with van der Waals surface area (Å²) in [7, 11) is 0. The highest BCUT2D eigenvalue weighted by molar-refractivity contribution is 6.33. The van der Waals surface area contributed by atoms with Crippen LogP contribution in [0.2, 0.25) is 5.15 Å². The summed E-state index contributed by atoms with van der Waals surface area (Å²) in [4.78, 5) is 17.0. The minimum Gasteiger partial charge on any atom is -0.305 e. The molecule has 152 valence electrons. The SMILES string of the molecule is Cc1nn(Cc2ccc(F)cc2)c(Cl)c1C(=O)Nc1ccn(Cc2ccccn2)n1. The first kappa shape index (κ1) is 19.8. The van der Waals surface area contributed by atoms with E-state index in [1.165, 1.54) is 16.8 Å². The smallest absolute Gasteiger partial charge is 0.261 e. The summed E-state index contributed by atoms with van der Waals surface area (Å²) in [5.41, 5.74) is 2.45. The zero-order valence-electron chi connectivity index (χ0n) is 16.1. The van der Waals surface area contributed by atoms with Crippen LogP contribution in [0.3, 0.4) is 0 Å². The van der Waals surface area contributed by atoms with Gasteiger partial charge in [0.2, 0.25) is 0 Å². The third kappa shape index (κ3) is 4.38. The van der Waals surface area contributed by atoms with Crippen LogP contribution in [0.25, 0.3) is 0 Å². The number of pyridine rings is 1. The van der Waals surface area contributed by atoms with E-state index in [1.54, 1.807) is 42.2 Å². The van der Waals surface area contributed by atoms with Gasteiger partial charge in [-0.05, 0) is 36.8 Å². The Balaban J connectivity index is 1.47. The molecule has 0 spiro atoms. The van der Waals surface area contributed by atoms with Crippen LogP contribution in [0.15, 0.2) is 60.9 Å². The molecule has 30 heavy (non-hydrogen) atoms. The molecular formula is C21H18ClFN6O.